The van der Waals surface area contributed by atoms with Crippen LogP contribution in [0.15, 0.2) is 30.3 Å². The summed E-state index contributed by atoms with van der Waals surface area (Å²) in [6.07, 6.45) is -0.132. The molecular formula is C13H17NO4S. The lowest BCUT2D eigenvalue weighted by atomic mass is 9.92. The maximum Gasteiger partial charge on any atom is 0.313 e. The van der Waals surface area contributed by atoms with E-state index in [1.54, 1.807) is 0 Å². The van der Waals surface area contributed by atoms with Gasteiger partial charge in [-0.05, 0) is 5.56 Å². The summed E-state index contributed by atoms with van der Waals surface area (Å²) in [6, 6.07) is 8.82. The summed E-state index contributed by atoms with van der Waals surface area (Å²) in [7, 11) is 0. The van der Waals surface area contributed by atoms with Gasteiger partial charge in [-0.15, -0.1) is 11.8 Å². The number of nitrogens with two attached hydrogens (primary N) is 1. The first-order chi connectivity index (χ1) is 9.00. The summed E-state index contributed by atoms with van der Waals surface area (Å²) < 4.78 is 0. The minimum atomic E-state index is -0.948. The molecule has 0 aliphatic heterocycles. The topological polar surface area (TPSA) is 101 Å². The van der Waals surface area contributed by atoms with Crippen LogP contribution in [0.2, 0.25) is 0 Å². The second-order valence-electron chi connectivity index (χ2n) is 4.19. The molecule has 2 unspecified atom stereocenters. The second kappa shape index (κ2) is 7.81. The Kier molecular flexibility index (Phi) is 6.38. The van der Waals surface area contributed by atoms with E-state index in [1.165, 1.54) is 11.8 Å². The van der Waals surface area contributed by atoms with Crippen LogP contribution in [0.1, 0.15) is 17.9 Å². The minimum Gasteiger partial charge on any atom is -0.481 e. The van der Waals surface area contributed by atoms with Crippen LogP contribution in [0.4, 0.5) is 0 Å². The number of rotatable bonds is 8. The highest BCUT2D eigenvalue weighted by Gasteiger charge is 2.22. The maximum atomic E-state index is 10.7. The van der Waals surface area contributed by atoms with Crippen molar-refractivity contribution in [3.05, 3.63) is 35.9 Å². The van der Waals surface area contributed by atoms with Crippen molar-refractivity contribution in [2.24, 2.45) is 5.73 Å². The van der Waals surface area contributed by atoms with Gasteiger partial charge in [0.05, 0.1) is 12.2 Å². The van der Waals surface area contributed by atoms with Crippen molar-refractivity contribution in [3.63, 3.8) is 0 Å². The maximum absolute atomic E-state index is 10.7. The lowest BCUT2D eigenvalue weighted by Gasteiger charge is -2.22. The predicted molar refractivity (Wildman–Crippen MR) is 74.4 cm³/mol. The van der Waals surface area contributed by atoms with Crippen LogP contribution in [-0.2, 0) is 9.59 Å². The molecule has 0 amide bonds. The van der Waals surface area contributed by atoms with Gasteiger partial charge in [0.15, 0.2) is 0 Å². The van der Waals surface area contributed by atoms with E-state index in [2.05, 4.69) is 0 Å². The first-order valence-electron chi connectivity index (χ1n) is 5.82. The SMILES string of the molecule is NC(CC(=O)O)C(CSCC(=O)O)c1ccccc1. The standard InChI is InChI=1S/C13H17NO4S/c14-11(6-12(15)16)10(7-19-8-13(17)18)9-4-2-1-3-5-9/h1-5,10-11H,6-8,14H2,(H,15,16)(H,17,18). The Labute approximate surface area is 115 Å². The van der Waals surface area contributed by atoms with Crippen molar-refractivity contribution < 1.29 is 19.8 Å². The van der Waals surface area contributed by atoms with Crippen LogP contribution in [0.25, 0.3) is 0 Å². The molecule has 0 bridgehead atoms. The molecule has 0 spiro atoms. The third kappa shape index (κ3) is 5.76. The molecule has 5 nitrogen and oxygen atoms in total. The first kappa shape index (κ1) is 15.5. The fourth-order valence-corrected chi connectivity index (χ4v) is 2.77. The van der Waals surface area contributed by atoms with Crippen LogP contribution in [0.5, 0.6) is 0 Å². The number of carboxylic acid groups (broad SMARTS) is 2. The number of hydrogen-bond acceptors (Lipinski definition) is 4. The van der Waals surface area contributed by atoms with E-state index in [0.717, 1.165) is 5.56 Å². The zero-order valence-corrected chi connectivity index (χ0v) is 11.2. The molecule has 6 heteroatoms. The quantitative estimate of drug-likeness (QED) is 0.666. The van der Waals surface area contributed by atoms with Gasteiger partial charge in [-0.3, -0.25) is 9.59 Å². The second-order valence-corrected chi connectivity index (χ2v) is 5.22. The fourth-order valence-electron chi connectivity index (χ4n) is 1.78. The molecule has 4 N–H and O–H groups in total. The zero-order chi connectivity index (χ0) is 14.3. The number of hydrogen-bond donors (Lipinski definition) is 3. The number of benzene rings is 1. The fraction of sp³-hybridized carbons (Fsp3) is 0.385. The third-order valence-corrected chi connectivity index (χ3v) is 3.72. The average Bonchev–Trinajstić information content (AvgIpc) is 2.34. The highest BCUT2D eigenvalue weighted by Crippen LogP contribution is 2.25. The Morgan fingerprint density at radius 2 is 1.79 bits per heavy atom. The number of thioether (sulfide) groups is 1. The van der Waals surface area contributed by atoms with Crippen LogP contribution in [0, 0.1) is 0 Å². The molecule has 19 heavy (non-hydrogen) atoms. The van der Waals surface area contributed by atoms with Crippen LogP contribution in [0.3, 0.4) is 0 Å². The molecule has 2 atom stereocenters. The first-order valence-corrected chi connectivity index (χ1v) is 6.98. The van der Waals surface area contributed by atoms with E-state index >= 15 is 0 Å². The molecule has 0 aliphatic rings. The molecule has 0 saturated heterocycles. The van der Waals surface area contributed by atoms with Gasteiger partial charge in [0.2, 0.25) is 0 Å². The van der Waals surface area contributed by atoms with Crippen molar-refractivity contribution in [3.8, 4) is 0 Å². The molecule has 0 radical (unpaired) electrons. The van der Waals surface area contributed by atoms with Gasteiger partial charge in [-0.25, -0.2) is 0 Å². The van der Waals surface area contributed by atoms with Gasteiger partial charge >= 0.3 is 11.9 Å². The number of carboxylic acids is 2. The Morgan fingerprint density at radius 1 is 1.16 bits per heavy atom. The summed E-state index contributed by atoms with van der Waals surface area (Å²) in [6.45, 7) is 0. The van der Waals surface area contributed by atoms with Crippen molar-refractivity contribution in [1.82, 2.24) is 0 Å². The van der Waals surface area contributed by atoms with Crippen LogP contribution >= 0.6 is 11.8 Å². The molecule has 1 aromatic rings. The average molecular weight is 283 g/mol. The molecule has 104 valence electrons. The smallest absolute Gasteiger partial charge is 0.313 e. The van der Waals surface area contributed by atoms with Gasteiger partial charge in [0, 0.05) is 17.7 Å². The van der Waals surface area contributed by atoms with E-state index in [4.69, 9.17) is 15.9 Å². The van der Waals surface area contributed by atoms with Gasteiger partial charge in [-0.2, -0.15) is 0 Å². The largest absolute Gasteiger partial charge is 0.481 e. The molecule has 0 heterocycles. The van der Waals surface area contributed by atoms with Crippen LogP contribution < -0.4 is 5.73 Å². The Bertz CT molecular complexity index is 424. The summed E-state index contributed by atoms with van der Waals surface area (Å²) in [5.74, 6) is -1.52. The van der Waals surface area contributed by atoms with E-state index in [0.29, 0.717) is 5.75 Å². The highest BCUT2D eigenvalue weighted by atomic mass is 32.2. The van der Waals surface area contributed by atoms with Crippen molar-refractivity contribution in [2.45, 2.75) is 18.4 Å². The lowest BCUT2D eigenvalue weighted by molar-refractivity contribution is -0.137. The van der Waals surface area contributed by atoms with E-state index in [1.807, 2.05) is 30.3 Å². The van der Waals surface area contributed by atoms with Crippen molar-refractivity contribution >= 4 is 23.7 Å². The minimum absolute atomic E-state index is 0.0108. The summed E-state index contributed by atoms with van der Waals surface area (Å²) in [5, 5.41) is 17.4. The van der Waals surface area contributed by atoms with Gasteiger partial charge < -0.3 is 15.9 Å². The Hall–Kier alpha value is -1.53. The summed E-state index contributed by atoms with van der Waals surface area (Å²) in [4.78, 5) is 21.3. The predicted octanol–water partition coefficient (Wildman–Crippen LogP) is 1.39. The Balaban J connectivity index is 2.73. The highest BCUT2D eigenvalue weighted by molar-refractivity contribution is 7.99. The van der Waals surface area contributed by atoms with Gasteiger partial charge in [-0.1, -0.05) is 30.3 Å². The summed E-state index contributed by atoms with van der Waals surface area (Å²) >= 11 is 1.25. The monoisotopic (exact) mass is 283 g/mol. The van der Waals surface area contributed by atoms with E-state index in [9.17, 15) is 9.59 Å². The molecule has 0 aromatic heterocycles. The van der Waals surface area contributed by atoms with Gasteiger partial charge in [0.25, 0.3) is 0 Å². The normalized spacial score (nSPS) is 13.7. The van der Waals surface area contributed by atoms with E-state index in [-0.39, 0.29) is 18.1 Å². The molecule has 1 rings (SSSR count). The molecule has 0 fully saturated rings. The Morgan fingerprint density at radius 3 is 2.32 bits per heavy atom. The molecule has 1 aromatic carbocycles. The van der Waals surface area contributed by atoms with Crippen molar-refractivity contribution in [1.29, 1.82) is 0 Å². The summed E-state index contributed by atoms with van der Waals surface area (Å²) in [5.41, 5.74) is 6.87. The zero-order valence-electron chi connectivity index (χ0n) is 10.4. The van der Waals surface area contributed by atoms with E-state index < -0.39 is 18.0 Å². The number of carbonyl (C=O) groups is 2. The van der Waals surface area contributed by atoms with Crippen molar-refractivity contribution in [2.75, 3.05) is 11.5 Å². The molecule has 0 saturated carbocycles. The van der Waals surface area contributed by atoms with Gasteiger partial charge in [0.1, 0.15) is 0 Å². The third-order valence-electron chi connectivity index (χ3n) is 2.68. The molecular weight excluding hydrogens is 266 g/mol. The van der Waals surface area contributed by atoms with Crippen LogP contribution in [-0.4, -0.2) is 39.7 Å². The lowest BCUT2D eigenvalue weighted by Crippen LogP contribution is -2.32. The molecule has 0 aliphatic carbocycles. The number of aliphatic carboxylic acids is 2.